The molecule has 4 nitrogen and oxygen atoms in total. The molecule has 84 valence electrons. The highest BCUT2D eigenvalue weighted by molar-refractivity contribution is 5.94. The van der Waals surface area contributed by atoms with Gasteiger partial charge in [-0.3, -0.25) is 0 Å². The van der Waals surface area contributed by atoms with Gasteiger partial charge in [0.05, 0.1) is 5.71 Å². The molecule has 4 heteroatoms. The molecular formula is C11H20N4. The first kappa shape index (κ1) is 9.60. The zero-order chi connectivity index (χ0) is 10.5. The van der Waals surface area contributed by atoms with Crippen LogP contribution in [0.5, 0.6) is 0 Å². The van der Waals surface area contributed by atoms with Gasteiger partial charge in [0.25, 0.3) is 0 Å². The van der Waals surface area contributed by atoms with Crippen LogP contribution < -0.4 is 5.84 Å². The summed E-state index contributed by atoms with van der Waals surface area (Å²) in [5.41, 5.74) is 1.58. The average molecular weight is 208 g/mol. The highest BCUT2D eigenvalue weighted by Crippen LogP contribution is 2.40. The van der Waals surface area contributed by atoms with Crippen molar-refractivity contribution >= 4 is 5.71 Å². The summed E-state index contributed by atoms with van der Waals surface area (Å²) >= 11 is 0. The van der Waals surface area contributed by atoms with E-state index in [1.165, 1.54) is 51.4 Å². The first-order chi connectivity index (χ1) is 7.27. The molecule has 2 N–H and O–H groups in total. The van der Waals surface area contributed by atoms with E-state index in [1.807, 2.05) is 0 Å². The van der Waals surface area contributed by atoms with Crippen LogP contribution in [0.3, 0.4) is 0 Å². The normalized spacial score (nSPS) is 51.0. The van der Waals surface area contributed by atoms with Crippen LogP contribution in [0.1, 0.15) is 13.3 Å². The lowest BCUT2D eigenvalue weighted by Gasteiger charge is -2.50. The van der Waals surface area contributed by atoms with Crippen LogP contribution in [0.15, 0.2) is 5.10 Å². The van der Waals surface area contributed by atoms with Gasteiger partial charge in [-0.1, -0.05) is 6.92 Å². The molecule has 4 bridgehead atoms. The van der Waals surface area contributed by atoms with Crippen molar-refractivity contribution in [2.24, 2.45) is 22.3 Å². The molecule has 0 radical (unpaired) electrons. The van der Waals surface area contributed by atoms with E-state index >= 15 is 0 Å². The summed E-state index contributed by atoms with van der Waals surface area (Å²) in [5, 5.41) is 4.14. The van der Waals surface area contributed by atoms with Crippen LogP contribution in [0.2, 0.25) is 0 Å². The number of nitrogens with zero attached hydrogens (tertiary/aromatic N) is 3. The highest BCUT2D eigenvalue weighted by Gasteiger charge is 2.50. The van der Waals surface area contributed by atoms with Gasteiger partial charge in [-0.15, -0.1) is 0 Å². The van der Waals surface area contributed by atoms with Gasteiger partial charge in [-0.05, 0) is 6.42 Å². The maximum absolute atomic E-state index is 5.62. The first-order valence-corrected chi connectivity index (χ1v) is 6.00. The summed E-state index contributed by atoms with van der Waals surface area (Å²) in [6, 6.07) is 0. The van der Waals surface area contributed by atoms with E-state index in [2.05, 4.69) is 21.8 Å². The van der Waals surface area contributed by atoms with Gasteiger partial charge in [0.2, 0.25) is 0 Å². The molecule has 0 saturated carbocycles. The first-order valence-electron chi connectivity index (χ1n) is 6.00. The molecule has 0 aromatic rings. The zero-order valence-corrected chi connectivity index (χ0v) is 9.45. The third-order valence-corrected chi connectivity index (χ3v) is 4.49. The minimum Gasteiger partial charge on any atom is -0.323 e. The van der Waals surface area contributed by atoms with E-state index in [-0.39, 0.29) is 5.41 Å². The van der Waals surface area contributed by atoms with Gasteiger partial charge < -0.3 is 15.6 Å². The molecular weight excluding hydrogens is 188 g/mol. The van der Waals surface area contributed by atoms with Gasteiger partial charge in [-0.2, -0.15) is 5.10 Å². The van der Waals surface area contributed by atoms with E-state index < -0.39 is 0 Å². The number of hydrazone groups is 1. The Morgan fingerprint density at radius 2 is 1.93 bits per heavy atom. The Kier molecular flexibility index (Phi) is 2.04. The Morgan fingerprint density at radius 3 is 2.40 bits per heavy atom. The van der Waals surface area contributed by atoms with Crippen LogP contribution >= 0.6 is 0 Å². The molecule has 4 saturated heterocycles. The molecule has 0 aromatic carbocycles. The van der Waals surface area contributed by atoms with E-state index in [0.29, 0.717) is 5.92 Å². The molecule has 2 unspecified atom stereocenters. The summed E-state index contributed by atoms with van der Waals surface area (Å²) in [4.78, 5) is 5.21. The van der Waals surface area contributed by atoms with E-state index in [9.17, 15) is 0 Å². The summed E-state index contributed by atoms with van der Waals surface area (Å²) < 4.78 is 0. The molecule has 4 aliphatic rings. The van der Waals surface area contributed by atoms with E-state index in [0.717, 1.165) is 0 Å². The number of piperidine rings is 2. The third kappa shape index (κ3) is 1.24. The van der Waals surface area contributed by atoms with Crippen LogP contribution in [-0.2, 0) is 0 Å². The molecule has 15 heavy (non-hydrogen) atoms. The Balaban J connectivity index is 2.04. The monoisotopic (exact) mass is 208 g/mol. The second kappa shape index (κ2) is 3.19. The number of rotatable bonds is 1. The molecule has 4 fully saturated rings. The Morgan fingerprint density at radius 1 is 1.33 bits per heavy atom. The standard InChI is InChI=1S/C11H20N4/c1-2-11-7-14-3-4-15(8-11)6-9(5-14)10(11)13-12/h9H,2-8,12H2,1H3/b13-10-. The van der Waals surface area contributed by atoms with Crippen molar-refractivity contribution in [1.82, 2.24) is 9.80 Å². The molecule has 0 aliphatic carbocycles. The topological polar surface area (TPSA) is 44.9 Å². The third-order valence-electron chi connectivity index (χ3n) is 4.49. The molecule has 0 spiro atoms. The van der Waals surface area contributed by atoms with E-state index in [1.54, 1.807) is 0 Å². The molecule has 0 amide bonds. The fourth-order valence-electron chi connectivity index (χ4n) is 3.75. The van der Waals surface area contributed by atoms with Crippen molar-refractivity contribution in [3.8, 4) is 0 Å². The van der Waals surface area contributed by atoms with Crippen LogP contribution in [-0.4, -0.2) is 54.8 Å². The minimum absolute atomic E-state index is 0.270. The predicted molar refractivity (Wildman–Crippen MR) is 60.7 cm³/mol. The quantitative estimate of drug-likeness (QED) is 0.486. The lowest BCUT2D eigenvalue weighted by atomic mass is 9.69. The van der Waals surface area contributed by atoms with Gasteiger partial charge >= 0.3 is 0 Å². The second-order valence-corrected chi connectivity index (χ2v) is 5.32. The largest absolute Gasteiger partial charge is 0.323 e. The van der Waals surface area contributed by atoms with Crippen molar-refractivity contribution in [1.29, 1.82) is 0 Å². The maximum Gasteiger partial charge on any atom is 0.0519 e. The van der Waals surface area contributed by atoms with Crippen LogP contribution in [0.4, 0.5) is 0 Å². The van der Waals surface area contributed by atoms with Crippen LogP contribution in [0, 0.1) is 11.3 Å². The van der Waals surface area contributed by atoms with Gasteiger partial charge in [0, 0.05) is 50.6 Å². The zero-order valence-electron chi connectivity index (χ0n) is 9.45. The summed E-state index contributed by atoms with van der Waals surface area (Å²) in [6.07, 6.45) is 1.17. The molecule has 4 heterocycles. The van der Waals surface area contributed by atoms with Gasteiger partial charge in [-0.25, -0.2) is 0 Å². The molecule has 2 atom stereocenters. The minimum atomic E-state index is 0.270. The van der Waals surface area contributed by atoms with Crippen molar-refractivity contribution < 1.29 is 0 Å². The number of hydrogen-bond donors (Lipinski definition) is 1. The van der Waals surface area contributed by atoms with Crippen LogP contribution in [0.25, 0.3) is 0 Å². The lowest BCUT2D eigenvalue weighted by molar-refractivity contribution is 0.114. The lowest BCUT2D eigenvalue weighted by Crippen LogP contribution is -2.61. The summed E-state index contributed by atoms with van der Waals surface area (Å²) in [6.45, 7) is 9.44. The number of hydrogen-bond acceptors (Lipinski definition) is 4. The number of nitrogens with two attached hydrogens (primary N) is 1. The maximum atomic E-state index is 5.62. The Bertz CT molecular complexity index is 283. The average Bonchev–Trinajstić information content (AvgIpc) is 2.47. The van der Waals surface area contributed by atoms with E-state index in [4.69, 9.17) is 5.84 Å². The fourth-order valence-corrected chi connectivity index (χ4v) is 3.75. The highest BCUT2D eigenvalue weighted by atomic mass is 15.3. The van der Waals surface area contributed by atoms with Crippen molar-refractivity contribution in [3.63, 3.8) is 0 Å². The molecule has 4 rings (SSSR count). The fraction of sp³-hybridized carbons (Fsp3) is 0.909. The van der Waals surface area contributed by atoms with Crippen molar-refractivity contribution in [2.45, 2.75) is 13.3 Å². The van der Waals surface area contributed by atoms with Gasteiger partial charge in [0.15, 0.2) is 0 Å². The number of fused-ring (bicyclic) bond motifs is 1. The second-order valence-electron chi connectivity index (χ2n) is 5.32. The van der Waals surface area contributed by atoms with Gasteiger partial charge in [0.1, 0.15) is 0 Å². The molecule has 4 aliphatic heterocycles. The Labute approximate surface area is 91.1 Å². The Hall–Kier alpha value is -0.610. The van der Waals surface area contributed by atoms with Crippen molar-refractivity contribution in [3.05, 3.63) is 0 Å². The predicted octanol–water partition coefficient (Wildman–Crippen LogP) is -0.0415. The SMILES string of the molecule is CCC12CN3CCN(CC(C3)/C1=N/N)C2. The van der Waals surface area contributed by atoms with Crippen molar-refractivity contribution in [2.75, 3.05) is 39.3 Å². The molecule has 0 aromatic heterocycles. The summed E-state index contributed by atoms with van der Waals surface area (Å²) in [5.74, 6) is 6.21. The summed E-state index contributed by atoms with van der Waals surface area (Å²) in [7, 11) is 0. The smallest absolute Gasteiger partial charge is 0.0519 e.